The maximum atomic E-state index is 5.18. The Morgan fingerprint density at radius 3 is 2.46 bits per heavy atom. The number of nitrogens with zero attached hydrogens (tertiary/aromatic N) is 2. The number of hydrogen-bond acceptors (Lipinski definition) is 3. The van der Waals surface area contributed by atoms with Crippen molar-refractivity contribution < 1.29 is 4.74 Å². The van der Waals surface area contributed by atoms with Gasteiger partial charge >= 0.3 is 0 Å². The third kappa shape index (κ3) is 7.25. The van der Waals surface area contributed by atoms with Crippen LogP contribution in [0.25, 0.3) is 0 Å². The highest BCUT2D eigenvalue weighted by Crippen LogP contribution is 2.25. The van der Waals surface area contributed by atoms with E-state index < -0.39 is 0 Å². The van der Waals surface area contributed by atoms with Gasteiger partial charge in [-0.15, -0.1) is 24.0 Å². The van der Waals surface area contributed by atoms with Crippen molar-refractivity contribution in [2.24, 2.45) is 4.99 Å². The first-order chi connectivity index (χ1) is 11.3. The average Bonchev–Trinajstić information content (AvgIpc) is 3.42. The summed E-state index contributed by atoms with van der Waals surface area (Å²) in [7, 11) is 1.68. The van der Waals surface area contributed by atoms with Crippen LogP contribution in [0.4, 0.5) is 0 Å². The molecule has 1 aliphatic carbocycles. The fraction of sp³-hybridized carbons (Fsp3) is 0.611. The predicted molar refractivity (Wildman–Crippen MR) is 111 cm³/mol. The lowest BCUT2D eigenvalue weighted by molar-refractivity contribution is 0.282. The van der Waals surface area contributed by atoms with Crippen LogP contribution in [-0.2, 0) is 6.54 Å². The maximum absolute atomic E-state index is 5.18. The van der Waals surface area contributed by atoms with Gasteiger partial charge in [0.1, 0.15) is 5.75 Å². The molecule has 2 N–H and O–H groups in total. The zero-order valence-corrected chi connectivity index (χ0v) is 17.4. The van der Waals surface area contributed by atoms with Crippen molar-refractivity contribution in [2.75, 3.05) is 33.3 Å². The first-order valence-corrected chi connectivity index (χ1v) is 8.66. The quantitative estimate of drug-likeness (QED) is 0.348. The van der Waals surface area contributed by atoms with E-state index in [1.165, 1.54) is 18.4 Å². The summed E-state index contributed by atoms with van der Waals surface area (Å²) in [5.74, 6) is 1.76. The Bertz CT molecular complexity index is 488. The van der Waals surface area contributed by atoms with Crippen LogP contribution in [-0.4, -0.2) is 50.2 Å². The summed E-state index contributed by atoms with van der Waals surface area (Å²) in [5.41, 5.74) is 1.18. The summed E-state index contributed by atoms with van der Waals surface area (Å²) in [4.78, 5) is 7.20. The summed E-state index contributed by atoms with van der Waals surface area (Å²) in [6.07, 6.45) is 2.72. The molecule has 0 aromatic heterocycles. The van der Waals surface area contributed by atoms with E-state index in [9.17, 15) is 0 Å². The van der Waals surface area contributed by atoms with Gasteiger partial charge in [0.25, 0.3) is 0 Å². The van der Waals surface area contributed by atoms with Crippen LogP contribution in [0.15, 0.2) is 29.3 Å². The van der Waals surface area contributed by atoms with Crippen LogP contribution in [0.5, 0.6) is 5.75 Å². The lowest BCUT2D eigenvalue weighted by Crippen LogP contribution is -2.42. The summed E-state index contributed by atoms with van der Waals surface area (Å²) >= 11 is 0. The minimum absolute atomic E-state index is 0. The number of hydrogen-bond donors (Lipinski definition) is 2. The first kappa shape index (κ1) is 21.0. The molecule has 2 rings (SSSR count). The summed E-state index contributed by atoms with van der Waals surface area (Å²) in [6, 6.07) is 8.87. The number of nitrogens with one attached hydrogen (secondary N) is 2. The molecule has 1 aromatic carbocycles. The number of methoxy groups -OCH3 is 1. The molecule has 0 unspecified atom stereocenters. The van der Waals surface area contributed by atoms with Gasteiger partial charge in [-0.25, -0.2) is 4.99 Å². The monoisotopic (exact) mass is 446 g/mol. The fourth-order valence-electron chi connectivity index (χ4n) is 2.60. The number of ether oxygens (including phenoxy) is 1. The predicted octanol–water partition coefficient (Wildman–Crippen LogP) is 2.85. The van der Waals surface area contributed by atoms with Crippen molar-refractivity contribution >= 4 is 29.9 Å². The van der Waals surface area contributed by atoms with Crippen molar-refractivity contribution in [2.45, 2.75) is 39.3 Å². The van der Waals surface area contributed by atoms with Gasteiger partial charge in [0.15, 0.2) is 5.96 Å². The number of halogens is 1. The Morgan fingerprint density at radius 2 is 1.92 bits per heavy atom. The van der Waals surface area contributed by atoms with Gasteiger partial charge in [-0.2, -0.15) is 0 Å². The second kappa shape index (κ2) is 11.5. The molecular weight excluding hydrogens is 415 g/mol. The van der Waals surface area contributed by atoms with E-state index in [4.69, 9.17) is 4.74 Å². The minimum atomic E-state index is 0. The molecule has 136 valence electrons. The molecule has 0 saturated heterocycles. The molecule has 1 saturated carbocycles. The molecule has 1 aromatic rings. The van der Waals surface area contributed by atoms with Crippen molar-refractivity contribution in [3.05, 3.63) is 29.8 Å². The van der Waals surface area contributed by atoms with Crippen LogP contribution in [0.3, 0.4) is 0 Å². The highest BCUT2D eigenvalue weighted by Gasteiger charge is 2.27. The first-order valence-electron chi connectivity index (χ1n) is 8.66. The molecule has 0 spiro atoms. The molecule has 0 amide bonds. The summed E-state index contributed by atoms with van der Waals surface area (Å²) in [5, 5.41) is 6.74. The fourth-order valence-corrected chi connectivity index (χ4v) is 2.60. The zero-order chi connectivity index (χ0) is 16.5. The van der Waals surface area contributed by atoms with Gasteiger partial charge in [0.05, 0.1) is 13.7 Å². The van der Waals surface area contributed by atoms with Crippen LogP contribution < -0.4 is 15.4 Å². The number of guanidine groups is 1. The maximum Gasteiger partial charge on any atom is 0.191 e. The second-order valence-corrected chi connectivity index (χ2v) is 5.83. The van der Waals surface area contributed by atoms with Gasteiger partial charge in [0, 0.05) is 25.7 Å². The standard InChI is InChI=1S/C18H30N4O.HI/c1-4-19-18(20-12-13-22(5-2)16-8-9-16)21-14-15-6-10-17(23-3)11-7-15;/h6-7,10-11,16H,4-5,8-9,12-14H2,1-3H3,(H2,19,20,21);1H. The number of likely N-dealkylation sites (N-methyl/N-ethyl adjacent to an activating group) is 1. The third-order valence-corrected chi connectivity index (χ3v) is 4.08. The number of aliphatic imine (C=N–C) groups is 1. The highest BCUT2D eigenvalue weighted by molar-refractivity contribution is 14.0. The lowest BCUT2D eigenvalue weighted by atomic mass is 10.2. The van der Waals surface area contributed by atoms with Gasteiger partial charge < -0.3 is 15.4 Å². The lowest BCUT2D eigenvalue weighted by Gasteiger charge is -2.20. The van der Waals surface area contributed by atoms with Gasteiger partial charge in [-0.05, 0) is 44.0 Å². The minimum Gasteiger partial charge on any atom is -0.497 e. The van der Waals surface area contributed by atoms with Gasteiger partial charge in [0.2, 0.25) is 0 Å². The summed E-state index contributed by atoms with van der Waals surface area (Å²) in [6.45, 7) is 9.00. The topological polar surface area (TPSA) is 48.9 Å². The molecule has 1 fully saturated rings. The molecule has 6 heteroatoms. The van der Waals surface area contributed by atoms with E-state index in [-0.39, 0.29) is 24.0 Å². The Kier molecular flexibility index (Phi) is 10.1. The molecule has 0 heterocycles. The van der Waals surface area contributed by atoms with Crippen LogP contribution in [0, 0.1) is 0 Å². The van der Waals surface area contributed by atoms with Crippen molar-refractivity contribution in [1.82, 2.24) is 15.5 Å². The molecule has 24 heavy (non-hydrogen) atoms. The smallest absolute Gasteiger partial charge is 0.191 e. The van der Waals surface area contributed by atoms with E-state index in [0.717, 1.165) is 43.9 Å². The average molecular weight is 446 g/mol. The van der Waals surface area contributed by atoms with Crippen molar-refractivity contribution in [3.8, 4) is 5.75 Å². The van der Waals surface area contributed by atoms with Crippen molar-refractivity contribution in [1.29, 1.82) is 0 Å². The van der Waals surface area contributed by atoms with Crippen LogP contribution in [0.1, 0.15) is 32.3 Å². The molecule has 0 radical (unpaired) electrons. The van der Waals surface area contributed by atoms with Crippen LogP contribution in [0.2, 0.25) is 0 Å². The molecular formula is C18H31IN4O. The van der Waals surface area contributed by atoms with Crippen molar-refractivity contribution in [3.63, 3.8) is 0 Å². The second-order valence-electron chi connectivity index (χ2n) is 5.83. The van der Waals surface area contributed by atoms with E-state index >= 15 is 0 Å². The van der Waals surface area contributed by atoms with E-state index in [1.807, 2.05) is 12.1 Å². The normalized spacial score (nSPS) is 14.2. The molecule has 0 aliphatic heterocycles. The van der Waals surface area contributed by atoms with E-state index in [2.05, 4.69) is 46.5 Å². The molecule has 5 nitrogen and oxygen atoms in total. The summed E-state index contributed by atoms with van der Waals surface area (Å²) < 4.78 is 5.18. The zero-order valence-electron chi connectivity index (χ0n) is 15.0. The molecule has 0 atom stereocenters. The Labute approximate surface area is 163 Å². The Morgan fingerprint density at radius 1 is 1.21 bits per heavy atom. The molecule has 1 aliphatic rings. The van der Waals surface area contributed by atoms with Crippen LogP contribution >= 0.6 is 24.0 Å². The van der Waals surface area contributed by atoms with E-state index in [1.54, 1.807) is 7.11 Å². The Balaban J connectivity index is 0.00000288. The van der Waals surface area contributed by atoms with Gasteiger partial charge in [-0.3, -0.25) is 4.90 Å². The van der Waals surface area contributed by atoms with Gasteiger partial charge in [-0.1, -0.05) is 19.1 Å². The number of benzene rings is 1. The SMILES string of the molecule is CCNC(=NCc1ccc(OC)cc1)NCCN(CC)C1CC1.I. The van der Waals surface area contributed by atoms with E-state index in [0.29, 0.717) is 6.54 Å². The highest BCUT2D eigenvalue weighted by atomic mass is 127. The Hall–Kier alpha value is -1.02. The largest absolute Gasteiger partial charge is 0.497 e. The molecule has 0 bridgehead atoms. The third-order valence-electron chi connectivity index (χ3n) is 4.08. The number of rotatable bonds is 9.